The van der Waals surface area contributed by atoms with E-state index in [4.69, 9.17) is 0 Å². The van der Waals surface area contributed by atoms with Gasteiger partial charge in [-0.05, 0) is 31.2 Å². The average Bonchev–Trinajstić information content (AvgIpc) is 2.13. The maximum atomic E-state index is 11.0. The molecule has 1 heterocycles. The molecule has 0 saturated carbocycles. The van der Waals surface area contributed by atoms with E-state index < -0.39 is 0 Å². The minimum absolute atomic E-state index is 0.211. The van der Waals surface area contributed by atoms with Crippen molar-refractivity contribution in [2.24, 2.45) is 0 Å². The summed E-state index contributed by atoms with van der Waals surface area (Å²) in [7, 11) is 2.13. The van der Waals surface area contributed by atoms with Crippen molar-refractivity contribution < 1.29 is 4.79 Å². The van der Waals surface area contributed by atoms with E-state index in [1.807, 2.05) is 0 Å². The standard InChI is InChI=1S/C13H16BrNO/c1-9(16)5-10-3-4-12(13(14)6-10)11-7-15(2)8-11/h3-4,6,11H,5,7-8H2,1-2H3. The fraction of sp³-hybridized carbons (Fsp3) is 0.462. The molecule has 3 heteroatoms. The minimum atomic E-state index is 0.211. The van der Waals surface area contributed by atoms with Gasteiger partial charge in [0.05, 0.1) is 0 Å². The van der Waals surface area contributed by atoms with Crippen LogP contribution in [0.2, 0.25) is 0 Å². The number of likely N-dealkylation sites (N-methyl/N-ethyl adjacent to an activating group) is 1. The summed E-state index contributed by atoms with van der Waals surface area (Å²) in [6.07, 6.45) is 0.531. The number of rotatable bonds is 3. The zero-order valence-electron chi connectivity index (χ0n) is 9.66. The molecule has 1 aromatic carbocycles. The minimum Gasteiger partial charge on any atom is -0.305 e. The van der Waals surface area contributed by atoms with E-state index in [0.29, 0.717) is 12.3 Å². The highest BCUT2D eigenvalue weighted by Gasteiger charge is 2.26. The van der Waals surface area contributed by atoms with Crippen LogP contribution in [0.4, 0.5) is 0 Å². The zero-order chi connectivity index (χ0) is 11.7. The molecule has 16 heavy (non-hydrogen) atoms. The molecule has 1 aliphatic rings. The average molecular weight is 282 g/mol. The fourth-order valence-electron chi connectivity index (χ4n) is 2.19. The highest BCUT2D eigenvalue weighted by atomic mass is 79.9. The molecule has 0 aromatic heterocycles. The van der Waals surface area contributed by atoms with Crippen molar-refractivity contribution in [3.8, 4) is 0 Å². The number of likely N-dealkylation sites (tertiary alicyclic amines) is 1. The van der Waals surface area contributed by atoms with Crippen LogP contribution in [0.3, 0.4) is 0 Å². The molecule has 0 unspecified atom stereocenters. The van der Waals surface area contributed by atoms with Crippen molar-refractivity contribution >= 4 is 21.7 Å². The smallest absolute Gasteiger partial charge is 0.134 e. The Bertz CT molecular complexity index is 410. The molecule has 0 N–H and O–H groups in total. The van der Waals surface area contributed by atoms with Crippen LogP contribution in [0.25, 0.3) is 0 Å². The SMILES string of the molecule is CC(=O)Cc1ccc(C2CN(C)C2)c(Br)c1. The second kappa shape index (κ2) is 4.68. The van der Waals surface area contributed by atoms with Crippen LogP contribution >= 0.6 is 15.9 Å². The Labute approximate surface area is 105 Å². The Balaban J connectivity index is 2.13. The monoisotopic (exact) mass is 281 g/mol. The number of Topliss-reactive ketones (excluding diaryl/α,β-unsaturated/α-hetero) is 1. The van der Waals surface area contributed by atoms with Gasteiger partial charge in [-0.3, -0.25) is 4.79 Å². The Kier molecular flexibility index (Phi) is 3.45. The lowest BCUT2D eigenvalue weighted by molar-refractivity contribution is -0.116. The molecule has 0 atom stereocenters. The van der Waals surface area contributed by atoms with Crippen molar-refractivity contribution in [2.45, 2.75) is 19.3 Å². The van der Waals surface area contributed by atoms with Gasteiger partial charge in [0, 0.05) is 29.9 Å². The van der Waals surface area contributed by atoms with Crippen LogP contribution in [-0.4, -0.2) is 30.8 Å². The van der Waals surface area contributed by atoms with E-state index in [9.17, 15) is 4.79 Å². The second-order valence-corrected chi connectivity index (χ2v) is 5.51. The summed E-state index contributed by atoms with van der Waals surface area (Å²) in [5, 5.41) is 0. The van der Waals surface area contributed by atoms with Crippen LogP contribution in [0.1, 0.15) is 24.0 Å². The molecule has 1 saturated heterocycles. The maximum absolute atomic E-state index is 11.0. The quantitative estimate of drug-likeness (QED) is 0.849. The molecule has 0 amide bonds. The van der Waals surface area contributed by atoms with Crippen LogP contribution in [-0.2, 0) is 11.2 Å². The molecule has 0 radical (unpaired) electrons. The predicted octanol–water partition coefficient (Wildman–Crippen LogP) is 2.61. The van der Waals surface area contributed by atoms with Crippen molar-refractivity contribution in [1.29, 1.82) is 0 Å². The third-order valence-corrected chi connectivity index (χ3v) is 3.71. The van der Waals surface area contributed by atoms with E-state index in [0.717, 1.165) is 23.1 Å². The number of nitrogens with zero attached hydrogens (tertiary/aromatic N) is 1. The lowest BCUT2D eigenvalue weighted by Crippen LogP contribution is -2.41. The Hall–Kier alpha value is -0.670. The highest BCUT2D eigenvalue weighted by Crippen LogP contribution is 2.32. The third-order valence-electron chi connectivity index (χ3n) is 3.02. The molecular formula is C13H16BrNO. The molecular weight excluding hydrogens is 266 g/mol. The molecule has 0 spiro atoms. The van der Waals surface area contributed by atoms with Crippen molar-refractivity contribution in [1.82, 2.24) is 4.90 Å². The number of halogens is 1. The summed E-state index contributed by atoms with van der Waals surface area (Å²) in [6.45, 7) is 3.89. The first-order valence-electron chi connectivity index (χ1n) is 5.52. The normalized spacial score (nSPS) is 17.2. The van der Waals surface area contributed by atoms with Crippen molar-refractivity contribution in [2.75, 3.05) is 20.1 Å². The first-order chi connectivity index (χ1) is 7.56. The van der Waals surface area contributed by atoms with E-state index in [-0.39, 0.29) is 5.78 Å². The molecule has 1 aromatic rings. The number of hydrogen-bond donors (Lipinski definition) is 0. The Morgan fingerprint density at radius 1 is 1.50 bits per heavy atom. The summed E-state index contributed by atoms with van der Waals surface area (Å²) in [6, 6.07) is 6.30. The van der Waals surface area contributed by atoms with Crippen molar-refractivity contribution in [3.63, 3.8) is 0 Å². The topological polar surface area (TPSA) is 20.3 Å². The summed E-state index contributed by atoms with van der Waals surface area (Å²) < 4.78 is 1.14. The molecule has 1 fully saturated rings. The van der Waals surface area contributed by atoms with E-state index in [1.165, 1.54) is 5.56 Å². The fourth-order valence-corrected chi connectivity index (χ4v) is 2.94. The summed E-state index contributed by atoms with van der Waals surface area (Å²) in [4.78, 5) is 13.3. The number of hydrogen-bond acceptors (Lipinski definition) is 2. The zero-order valence-corrected chi connectivity index (χ0v) is 11.3. The second-order valence-electron chi connectivity index (χ2n) is 4.65. The molecule has 2 nitrogen and oxygen atoms in total. The van der Waals surface area contributed by atoms with Gasteiger partial charge in [0.25, 0.3) is 0 Å². The van der Waals surface area contributed by atoms with Crippen LogP contribution < -0.4 is 0 Å². The first-order valence-corrected chi connectivity index (χ1v) is 6.32. The Morgan fingerprint density at radius 2 is 2.19 bits per heavy atom. The van der Waals surface area contributed by atoms with E-state index in [2.05, 4.69) is 46.1 Å². The molecule has 1 aliphatic heterocycles. The van der Waals surface area contributed by atoms with Gasteiger partial charge in [0.15, 0.2) is 0 Å². The van der Waals surface area contributed by atoms with Gasteiger partial charge >= 0.3 is 0 Å². The predicted molar refractivity (Wildman–Crippen MR) is 68.8 cm³/mol. The van der Waals surface area contributed by atoms with Crippen LogP contribution in [0, 0.1) is 0 Å². The third kappa shape index (κ3) is 2.53. The number of ketones is 1. The van der Waals surface area contributed by atoms with Crippen LogP contribution in [0.15, 0.2) is 22.7 Å². The van der Waals surface area contributed by atoms with Gasteiger partial charge in [0.2, 0.25) is 0 Å². The lowest BCUT2D eigenvalue weighted by Gasteiger charge is -2.37. The number of benzene rings is 1. The van der Waals surface area contributed by atoms with Gasteiger partial charge in [-0.1, -0.05) is 28.1 Å². The maximum Gasteiger partial charge on any atom is 0.134 e. The van der Waals surface area contributed by atoms with Gasteiger partial charge in [-0.2, -0.15) is 0 Å². The van der Waals surface area contributed by atoms with E-state index in [1.54, 1.807) is 6.92 Å². The highest BCUT2D eigenvalue weighted by molar-refractivity contribution is 9.10. The van der Waals surface area contributed by atoms with Crippen LogP contribution in [0.5, 0.6) is 0 Å². The van der Waals surface area contributed by atoms with E-state index >= 15 is 0 Å². The molecule has 86 valence electrons. The summed E-state index contributed by atoms with van der Waals surface area (Å²) >= 11 is 3.60. The van der Waals surface area contributed by atoms with Crippen molar-refractivity contribution in [3.05, 3.63) is 33.8 Å². The van der Waals surface area contributed by atoms with Gasteiger partial charge in [0.1, 0.15) is 5.78 Å². The molecule has 0 aliphatic carbocycles. The lowest BCUT2D eigenvalue weighted by atomic mass is 9.91. The first kappa shape index (κ1) is 11.8. The number of carbonyl (C=O) groups excluding carboxylic acids is 1. The van der Waals surface area contributed by atoms with Gasteiger partial charge in [-0.15, -0.1) is 0 Å². The Morgan fingerprint density at radius 3 is 2.69 bits per heavy atom. The molecule has 0 bridgehead atoms. The molecule has 2 rings (SSSR count). The largest absolute Gasteiger partial charge is 0.305 e. The van der Waals surface area contributed by atoms with Gasteiger partial charge < -0.3 is 4.90 Å². The summed E-state index contributed by atoms with van der Waals surface area (Å²) in [5.74, 6) is 0.855. The summed E-state index contributed by atoms with van der Waals surface area (Å²) in [5.41, 5.74) is 2.46. The van der Waals surface area contributed by atoms with Gasteiger partial charge in [-0.25, -0.2) is 0 Å². The number of carbonyl (C=O) groups is 1.